The molecule has 0 unspecified atom stereocenters. The maximum atomic E-state index is 13.3. The molecule has 0 bridgehead atoms. The zero-order valence-electron chi connectivity index (χ0n) is 14.4. The number of hydrogen-bond donors (Lipinski definition) is 1. The number of amides is 2. The highest BCUT2D eigenvalue weighted by atomic mass is 79.9. The van der Waals surface area contributed by atoms with Crippen molar-refractivity contribution in [3.63, 3.8) is 0 Å². The third-order valence-electron chi connectivity index (χ3n) is 4.60. The van der Waals surface area contributed by atoms with Gasteiger partial charge in [0, 0.05) is 21.3 Å². The maximum absolute atomic E-state index is 13.3. The van der Waals surface area contributed by atoms with Gasteiger partial charge in [-0.2, -0.15) is 0 Å². The summed E-state index contributed by atoms with van der Waals surface area (Å²) in [6.45, 7) is -0.0143. The van der Waals surface area contributed by atoms with Gasteiger partial charge in [0.15, 0.2) is 0 Å². The van der Waals surface area contributed by atoms with E-state index in [2.05, 4.69) is 21.2 Å². The van der Waals surface area contributed by atoms with E-state index in [4.69, 9.17) is 0 Å². The molecule has 2 amide bonds. The lowest BCUT2D eigenvalue weighted by Crippen LogP contribution is -2.38. The van der Waals surface area contributed by atoms with Crippen molar-refractivity contribution >= 4 is 33.4 Å². The molecule has 5 heteroatoms. The molecule has 0 aromatic heterocycles. The number of halogens is 1. The predicted octanol–water partition coefficient (Wildman–Crippen LogP) is 4.63. The first kappa shape index (κ1) is 17.5. The van der Waals surface area contributed by atoms with Crippen LogP contribution < -0.4 is 5.32 Å². The van der Waals surface area contributed by atoms with Gasteiger partial charge >= 0.3 is 0 Å². The third-order valence-corrected chi connectivity index (χ3v) is 5.10. The molecule has 1 N–H and O–H groups in total. The molecule has 1 atom stereocenters. The second kappa shape index (κ2) is 7.37. The Morgan fingerprint density at radius 2 is 1.63 bits per heavy atom. The van der Waals surface area contributed by atoms with Crippen LogP contribution in [0.1, 0.15) is 27.5 Å². The van der Waals surface area contributed by atoms with Gasteiger partial charge < -0.3 is 10.2 Å². The van der Waals surface area contributed by atoms with Crippen LogP contribution in [0.15, 0.2) is 83.3 Å². The van der Waals surface area contributed by atoms with E-state index in [1.54, 1.807) is 17.0 Å². The van der Waals surface area contributed by atoms with Gasteiger partial charge in [0.2, 0.25) is 5.91 Å². The van der Waals surface area contributed by atoms with Crippen molar-refractivity contribution in [3.8, 4) is 0 Å². The molecule has 1 heterocycles. The molecule has 1 aliphatic rings. The Labute approximate surface area is 165 Å². The van der Waals surface area contributed by atoms with Gasteiger partial charge in [-0.1, -0.05) is 64.5 Å². The van der Waals surface area contributed by atoms with Gasteiger partial charge in [0.05, 0.1) is 6.04 Å². The topological polar surface area (TPSA) is 49.4 Å². The fourth-order valence-electron chi connectivity index (χ4n) is 3.41. The molecule has 3 aromatic carbocycles. The van der Waals surface area contributed by atoms with Crippen molar-refractivity contribution in [2.75, 3.05) is 11.9 Å². The smallest absolute Gasteiger partial charge is 0.255 e. The van der Waals surface area contributed by atoms with E-state index in [-0.39, 0.29) is 24.4 Å². The number of benzene rings is 3. The molecular weight excluding hydrogens is 404 g/mol. The molecule has 27 heavy (non-hydrogen) atoms. The number of nitrogens with zero attached hydrogens (tertiary/aromatic N) is 1. The number of anilines is 1. The van der Waals surface area contributed by atoms with Crippen LogP contribution >= 0.6 is 15.9 Å². The van der Waals surface area contributed by atoms with E-state index in [9.17, 15) is 9.59 Å². The molecule has 0 aliphatic carbocycles. The zero-order valence-corrected chi connectivity index (χ0v) is 16.0. The molecule has 134 valence electrons. The van der Waals surface area contributed by atoms with Crippen LogP contribution in [-0.2, 0) is 4.79 Å². The summed E-state index contributed by atoms with van der Waals surface area (Å²) in [5.74, 6) is -0.381. The molecule has 4 nitrogen and oxygen atoms in total. The summed E-state index contributed by atoms with van der Waals surface area (Å²) in [4.78, 5) is 27.5. The van der Waals surface area contributed by atoms with Gasteiger partial charge in [-0.25, -0.2) is 0 Å². The van der Waals surface area contributed by atoms with Crippen LogP contribution in [0.5, 0.6) is 0 Å². The fraction of sp³-hybridized carbons (Fsp3) is 0.0909. The molecular formula is C22H17BrN2O2. The second-order valence-corrected chi connectivity index (χ2v) is 7.31. The number of hydrogen-bond acceptors (Lipinski definition) is 2. The minimum Gasteiger partial charge on any atom is -0.324 e. The van der Waals surface area contributed by atoms with E-state index in [0.717, 1.165) is 21.3 Å². The van der Waals surface area contributed by atoms with Gasteiger partial charge in [-0.05, 0) is 35.9 Å². The highest BCUT2D eigenvalue weighted by molar-refractivity contribution is 9.10. The normalized spacial score (nSPS) is 16.3. The van der Waals surface area contributed by atoms with Crippen molar-refractivity contribution in [3.05, 3.63) is 100 Å². The van der Waals surface area contributed by atoms with Crippen molar-refractivity contribution in [2.24, 2.45) is 0 Å². The largest absolute Gasteiger partial charge is 0.324 e. The Morgan fingerprint density at radius 3 is 2.33 bits per heavy atom. The lowest BCUT2D eigenvalue weighted by atomic mass is 9.95. The number of carbonyl (C=O) groups is 2. The Bertz CT molecular complexity index is 990. The van der Waals surface area contributed by atoms with Crippen LogP contribution in [0.4, 0.5) is 5.69 Å². The molecule has 0 spiro atoms. The van der Waals surface area contributed by atoms with Crippen LogP contribution in [0.25, 0.3) is 0 Å². The lowest BCUT2D eigenvalue weighted by molar-refractivity contribution is -0.117. The van der Waals surface area contributed by atoms with Crippen LogP contribution in [0.3, 0.4) is 0 Å². The Balaban J connectivity index is 1.90. The van der Waals surface area contributed by atoms with Crippen molar-refractivity contribution in [2.45, 2.75) is 6.04 Å². The second-order valence-electron chi connectivity index (χ2n) is 6.39. The molecule has 1 aliphatic heterocycles. The monoisotopic (exact) mass is 420 g/mol. The zero-order chi connectivity index (χ0) is 18.8. The highest BCUT2D eigenvalue weighted by Gasteiger charge is 2.33. The summed E-state index contributed by atoms with van der Waals surface area (Å²) in [5, 5.41) is 2.93. The third kappa shape index (κ3) is 3.51. The summed E-state index contributed by atoms with van der Waals surface area (Å²) < 4.78 is 0.894. The SMILES string of the molecule is O=C1CN(C(=O)c2ccccc2)[C@@H](c2ccccc2)c2cc(Br)ccc2N1. The van der Waals surface area contributed by atoms with Gasteiger partial charge in [-0.3, -0.25) is 9.59 Å². The summed E-state index contributed by atoms with van der Waals surface area (Å²) >= 11 is 3.52. The van der Waals surface area contributed by atoms with E-state index in [1.165, 1.54) is 0 Å². The van der Waals surface area contributed by atoms with Crippen molar-refractivity contribution < 1.29 is 9.59 Å². The fourth-order valence-corrected chi connectivity index (χ4v) is 3.79. The van der Waals surface area contributed by atoms with Crippen LogP contribution in [-0.4, -0.2) is 23.3 Å². The quantitative estimate of drug-likeness (QED) is 0.656. The molecule has 0 saturated heterocycles. The van der Waals surface area contributed by atoms with Crippen molar-refractivity contribution in [1.29, 1.82) is 0 Å². The van der Waals surface area contributed by atoms with Crippen molar-refractivity contribution in [1.82, 2.24) is 4.90 Å². The summed E-state index contributed by atoms with van der Waals surface area (Å²) in [6.07, 6.45) is 0. The Kier molecular flexibility index (Phi) is 4.77. The molecule has 4 rings (SSSR count). The Morgan fingerprint density at radius 1 is 0.963 bits per heavy atom. The van der Waals surface area contributed by atoms with Gasteiger partial charge in [-0.15, -0.1) is 0 Å². The van der Waals surface area contributed by atoms with E-state index >= 15 is 0 Å². The molecule has 0 fully saturated rings. The molecule has 0 radical (unpaired) electrons. The van der Waals surface area contributed by atoms with Crippen LogP contribution in [0, 0.1) is 0 Å². The van der Waals surface area contributed by atoms with Crippen LogP contribution in [0.2, 0.25) is 0 Å². The highest BCUT2D eigenvalue weighted by Crippen LogP contribution is 2.37. The average Bonchev–Trinajstić information content (AvgIpc) is 2.84. The van der Waals surface area contributed by atoms with E-state index in [1.807, 2.05) is 66.7 Å². The standard InChI is InChI=1S/C22H17BrN2O2/c23-17-11-12-19-18(13-17)21(15-7-3-1-4-8-15)25(14-20(26)24-19)22(27)16-9-5-2-6-10-16/h1-13,21H,14H2,(H,24,26)/t21-/m0/s1. The first-order valence-corrected chi connectivity index (χ1v) is 9.43. The molecule has 3 aromatic rings. The van der Waals surface area contributed by atoms with E-state index < -0.39 is 0 Å². The van der Waals surface area contributed by atoms with Gasteiger partial charge in [0.1, 0.15) is 6.54 Å². The van der Waals surface area contributed by atoms with Gasteiger partial charge in [0.25, 0.3) is 5.91 Å². The Hall–Kier alpha value is -2.92. The minimum atomic E-state index is -0.370. The lowest BCUT2D eigenvalue weighted by Gasteiger charge is -2.30. The van der Waals surface area contributed by atoms with E-state index in [0.29, 0.717) is 5.56 Å². The summed E-state index contributed by atoms with van der Waals surface area (Å²) in [7, 11) is 0. The average molecular weight is 421 g/mol. The number of fused-ring (bicyclic) bond motifs is 1. The summed E-state index contributed by atoms with van der Waals surface area (Å²) in [5.41, 5.74) is 3.12. The molecule has 0 saturated carbocycles. The first-order chi connectivity index (χ1) is 13.1. The summed E-state index contributed by atoms with van der Waals surface area (Å²) in [6, 6.07) is 24.2. The minimum absolute atomic E-state index is 0.0143. The maximum Gasteiger partial charge on any atom is 0.255 e. The first-order valence-electron chi connectivity index (χ1n) is 8.64. The number of carbonyl (C=O) groups excluding carboxylic acids is 2. The number of rotatable bonds is 2. The number of nitrogens with one attached hydrogen (secondary N) is 1. The predicted molar refractivity (Wildman–Crippen MR) is 109 cm³/mol.